The molecule has 6 fully saturated rings. The molecule has 0 aliphatic carbocycles. The summed E-state index contributed by atoms with van der Waals surface area (Å²) in [5.41, 5.74) is 2.60. The first-order chi connectivity index (χ1) is 27.1. The number of benzene rings is 2. The molecule has 11 nitrogen and oxygen atoms in total. The SMILES string of the molecule is CC(=O)Nc1ccc(Sc2ccc(C(=O)N[C@@H]3C4CCN(CC4)[C@H]3C)cc2)nc1.C[C@H]1[C@H](NC(=O)c2ccc(Sc3ccc(C#N)cn3)cc2)C2CCN1CC2. The second kappa shape index (κ2) is 18.0. The molecule has 4 bridgehead atoms. The Morgan fingerprint density at radius 3 is 1.46 bits per heavy atom. The van der Waals surface area contributed by atoms with Gasteiger partial charge in [0.15, 0.2) is 0 Å². The predicted octanol–water partition coefficient (Wildman–Crippen LogP) is 6.72. The quantitative estimate of drug-likeness (QED) is 0.167. The van der Waals surface area contributed by atoms with Crippen LogP contribution in [-0.4, -0.2) is 87.8 Å². The van der Waals surface area contributed by atoms with E-state index in [1.807, 2.05) is 66.7 Å². The highest BCUT2D eigenvalue weighted by Gasteiger charge is 2.41. The predicted molar refractivity (Wildman–Crippen MR) is 219 cm³/mol. The molecule has 2 aromatic heterocycles. The molecule has 0 unspecified atom stereocenters. The standard InChI is InChI=1S/C22H26N4O2S.C21H22N4OS/c1-14-21(16-9-11-26(14)12-10-16)25-22(28)17-3-6-19(7-4-17)29-20-8-5-18(13-23-20)24-15(2)27;1-14-20(16-8-10-25(14)11-9-16)24-21(26)17-3-5-18(6-4-17)27-19-7-2-15(12-22)13-23-19/h3-8,13-14,16,21H,9-12H2,1-2H3,(H,24,27)(H,25,28);2-7,13-14,16,20H,8-11H2,1H3,(H,24,26)/t14-,21-;14-,20-/m00/s1. The summed E-state index contributed by atoms with van der Waals surface area (Å²) in [7, 11) is 0. The molecule has 0 spiro atoms. The van der Waals surface area contributed by atoms with Gasteiger partial charge in [-0.1, -0.05) is 23.5 Å². The Morgan fingerprint density at radius 1 is 0.661 bits per heavy atom. The van der Waals surface area contributed by atoms with Crippen LogP contribution in [0.1, 0.15) is 72.7 Å². The van der Waals surface area contributed by atoms with Crippen LogP contribution in [0.25, 0.3) is 0 Å². The van der Waals surface area contributed by atoms with Gasteiger partial charge in [-0.25, -0.2) is 9.97 Å². The van der Waals surface area contributed by atoms with Gasteiger partial charge in [0, 0.05) is 58.2 Å². The summed E-state index contributed by atoms with van der Waals surface area (Å²) < 4.78 is 0. The summed E-state index contributed by atoms with van der Waals surface area (Å²) in [6.45, 7) is 10.5. The molecule has 8 heterocycles. The van der Waals surface area contributed by atoms with Gasteiger partial charge in [-0.15, -0.1) is 0 Å². The number of nitriles is 1. The molecule has 6 saturated heterocycles. The zero-order valence-corrected chi connectivity index (χ0v) is 33.6. The molecule has 10 rings (SSSR count). The van der Waals surface area contributed by atoms with E-state index in [-0.39, 0.29) is 29.8 Å². The van der Waals surface area contributed by atoms with Gasteiger partial charge in [0.05, 0.1) is 17.4 Å². The molecule has 4 atom stereocenters. The smallest absolute Gasteiger partial charge is 0.251 e. The first-order valence-electron chi connectivity index (χ1n) is 19.4. The van der Waals surface area contributed by atoms with Gasteiger partial charge in [0.25, 0.3) is 11.8 Å². The number of nitrogens with zero attached hydrogens (tertiary/aromatic N) is 5. The van der Waals surface area contributed by atoms with Crippen LogP contribution < -0.4 is 16.0 Å². The minimum absolute atomic E-state index is 0.00457. The van der Waals surface area contributed by atoms with E-state index in [2.05, 4.69) is 55.6 Å². The maximum Gasteiger partial charge on any atom is 0.251 e. The fourth-order valence-corrected chi connectivity index (χ4v) is 9.89. The first kappa shape index (κ1) is 39.5. The van der Waals surface area contributed by atoms with Gasteiger partial charge >= 0.3 is 0 Å². The molecule has 3 amide bonds. The highest BCUT2D eigenvalue weighted by Crippen LogP contribution is 2.34. The Morgan fingerprint density at radius 2 is 1.11 bits per heavy atom. The number of amides is 3. The van der Waals surface area contributed by atoms with Crippen LogP contribution in [0.2, 0.25) is 0 Å². The monoisotopic (exact) mass is 788 g/mol. The van der Waals surface area contributed by atoms with Crippen molar-refractivity contribution in [3.05, 3.63) is 102 Å². The lowest BCUT2D eigenvalue weighted by molar-refractivity contribution is -0.114. The lowest BCUT2D eigenvalue weighted by Crippen LogP contribution is -2.62. The van der Waals surface area contributed by atoms with Crippen molar-refractivity contribution in [1.29, 1.82) is 5.26 Å². The third-order valence-corrected chi connectivity index (χ3v) is 13.5. The molecule has 6 aliphatic rings. The van der Waals surface area contributed by atoms with E-state index in [1.165, 1.54) is 56.1 Å². The zero-order chi connectivity index (χ0) is 39.2. The van der Waals surface area contributed by atoms with Crippen molar-refractivity contribution < 1.29 is 14.4 Å². The normalized spacial score (nSPS) is 25.9. The molecule has 6 aliphatic heterocycles. The fourth-order valence-electron chi connectivity index (χ4n) is 8.37. The van der Waals surface area contributed by atoms with Crippen molar-refractivity contribution in [2.75, 3.05) is 31.5 Å². The molecular weight excluding hydrogens is 741 g/mol. The van der Waals surface area contributed by atoms with Crippen LogP contribution in [-0.2, 0) is 4.79 Å². The molecule has 4 aromatic rings. The van der Waals surface area contributed by atoms with E-state index in [4.69, 9.17) is 5.26 Å². The van der Waals surface area contributed by atoms with Gasteiger partial charge in [0.1, 0.15) is 16.1 Å². The fraction of sp³-hybridized carbons (Fsp3) is 0.395. The topological polar surface area (TPSA) is 143 Å². The molecule has 2 aromatic carbocycles. The Kier molecular flexibility index (Phi) is 12.7. The maximum absolute atomic E-state index is 12.7. The second-order valence-corrected chi connectivity index (χ2v) is 17.2. The minimum Gasteiger partial charge on any atom is -0.347 e. The summed E-state index contributed by atoms with van der Waals surface area (Å²) in [5.74, 6) is 1.10. The number of anilines is 1. The van der Waals surface area contributed by atoms with Crippen molar-refractivity contribution in [3.8, 4) is 6.07 Å². The number of pyridine rings is 2. The third-order valence-electron chi connectivity index (χ3n) is 11.6. The summed E-state index contributed by atoms with van der Waals surface area (Å²) >= 11 is 3.03. The van der Waals surface area contributed by atoms with Crippen LogP contribution in [0.4, 0.5) is 5.69 Å². The van der Waals surface area contributed by atoms with Crippen molar-refractivity contribution >= 4 is 46.9 Å². The number of carbonyl (C=O) groups is 3. The number of hydrogen-bond donors (Lipinski definition) is 3. The Bertz CT molecular complexity index is 2020. The average molecular weight is 789 g/mol. The lowest BCUT2D eigenvalue weighted by Gasteiger charge is -2.49. The lowest BCUT2D eigenvalue weighted by atomic mass is 9.79. The number of carbonyl (C=O) groups excluding carboxylic acids is 3. The molecule has 0 saturated carbocycles. The Hall–Kier alpha value is -4.74. The van der Waals surface area contributed by atoms with E-state index in [1.54, 1.807) is 18.5 Å². The Balaban J connectivity index is 0.000000172. The van der Waals surface area contributed by atoms with E-state index < -0.39 is 0 Å². The van der Waals surface area contributed by atoms with Gasteiger partial charge in [0.2, 0.25) is 5.91 Å². The van der Waals surface area contributed by atoms with Gasteiger partial charge < -0.3 is 16.0 Å². The van der Waals surface area contributed by atoms with Crippen molar-refractivity contribution in [3.63, 3.8) is 0 Å². The maximum atomic E-state index is 12.7. The van der Waals surface area contributed by atoms with E-state index >= 15 is 0 Å². The van der Waals surface area contributed by atoms with E-state index in [0.29, 0.717) is 46.3 Å². The number of aromatic nitrogens is 2. The number of piperidine rings is 6. The highest BCUT2D eigenvalue weighted by molar-refractivity contribution is 7.99. The molecule has 290 valence electrons. The van der Waals surface area contributed by atoms with Crippen molar-refractivity contribution in [2.24, 2.45) is 11.8 Å². The molecule has 56 heavy (non-hydrogen) atoms. The Labute approximate surface area is 337 Å². The average Bonchev–Trinajstić information content (AvgIpc) is 3.22. The van der Waals surface area contributed by atoms with Crippen LogP contribution in [0.5, 0.6) is 0 Å². The largest absolute Gasteiger partial charge is 0.347 e. The molecule has 13 heteroatoms. The third kappa shape index (κ3) is 9.61. The van der Waals surface area contributed by atoms with Crippen LogP contribution in [0, 0.1) is 23.2 Å². The minimum atomic E-state index is -0.117. The van der Waals surface area contributed by atoms with Crippen molar-refractivity contribution in [1.82, 2.24) is 30.4 Å². The van der Waals surface area contributed by atoms with E-state index in [0.717, 1.165) is 46.0 Å². The van der Waals surface area contributed by atoms with Gasteiger partial charge in [-0.3, -0.25) is 24.2 Å². The van der Waals surface area contributed by atoms with Gasteiger partial charge in [-0.2, -0.15) is 5.26 Å². The first-order valence-corrected chi connectivity index (χ1v) is 21.0. The number of hydrogen-bond acceptors (Lipinski definition) is 10. The highest BCUT2D eigenvalue weighted by atomic mass is 32.2. The van der Waals surface area contributed by atoms with E-state index in [9.17, 15) is 14.4 Å². The van der Waals surface area contributed by atoms with Crippen LogP contribution in [0.15, 0.2) is 105 Å². The van der Waals surface area contributed by atoms with Crippen LogP contribution in [0.3, 0.4) is 0 Å². The molecular formula is C43H48N8O3S2. The van der Waals surface area contributed by atoms with Gasteiger partial charge in [-0.05, 0) is 150 Å². The molecule has 3 N–H and O–H groups in total. The summed E-state index contributed by atoms with van der Waals surface area (Å²) in [6, 6.07) is 25.9. The summed E-state index contributed by atoms with van der Waals surface area (Å²) in [5, 5.41) is 19.7. The summed E-state index contributed by atoms with van der Waals surface area (Å²) in [6.07, 6.45) is 7.93. The second-order valence-electron chi connectivity index (χ2n) is 15.0. The van der Waals surface area contributed by atoms with Crippen molar-refractivity contribution in [2.45, 2.75) is 90.5 Å². The zero-order valence-electron chi connectivity index (χ0n) is 32.0. The number of fused-ring (bicyclic) bond motifs is 6. The van der Waals surface area contributed by atoms with Crippen LogP contribution >= 0.6 is 23.5 Å². The number of rotatable bonds is 9. The summed E-state index contributed by atoms with van der Waals surface area (Å²) in [4.78, 5) is 52.1. The number of nitrogens with one attached hydrogen (secondary N) is 3. The molecule has 0 radical (unpaired) electrons.